The summed E-state index contributed by atoms with van der Waals surface area (Å²) in [5.41, 5.74) is 4.85. The fourth-order valence-electron chi connectivity index (χ4n) is 4.68. The molecule has 0 radical (unpaired) electrons. The van der Waals surface area contributed by atoms with Gasteiger partial charge in [-0.25, -0.2) is 9.97 Å². The number of hydrogen-bond donors (Lipinski definition) is 1. The van der Waals surface area contributed by atoms with Gasteiger partial charge in [-0.2, -0.15) is 4.98 Å². The Morgan fingerprint density at radius 1 is 1.09 bits per heavy atom. The van der Waals surface area contributed by atoms with Gasteiger partial charge >= 0.3 is 0 Å². The first-order valence-electron chi connectivity index (χ1n) is 11.2. The smallest absolute Gasteiger partial charge is 0.226 e. The number of thiazole rings is 1. The number of benzene rings is 2. The third kappa shape index (κ3) is 3.82. The van der Waals surface area contributed by atoms with E-state index in [9.17, 15) is 0 Å². The molecule has 1 aliphatic rings. The van der Waals surface area contributed by atoms with E-state index < -0.39 is 0 Å². The molecule has 2 atom stereocenters. The average molecular weight is 488 g/mol. The molecular weight excluding hydrogens is 466 g/mol. The van der Waals surface area contributed by atoms with E-state index in [2.05, 4.69) is 44.2 Å². The molecule has 1 aliphatic heterocycles. The molecule has 1 fully saturated rings. The van der Waals surface area contributed by atoms with Gasteiger partial charge in [0.15, 0.2) is 10.6 Å². The molecule has 0 bridgehead atoms. The third-order valence-corrected chi connectivity index (χ3v) is 7.43. The molecule has 170 valence electrons. The van der Waals surface area contributed by atoms with E-state index >= 15 is 0 Å². The molecule has 34 heavy (non-hydrogen) atoms. The van der Waals surface area contributed by atoms with Gasteiger partial charge in [0, 0.05) is 48.0 Å². The lowest BCUT2D eigenvalue weighted by molar-refractivity contribution is 0.737. The van der Waals surface area contributed by atoms with E-state index in [0.717, 1.165) is 62.7 Å². The maximum Gasteiger partial charge on any atom is 0.226 e. The summed E-state index contributed by atoms with van der Waals surface area (Å²) in [6.07, 6.45) is 6.33. The number of nitrogens with zero attached hydrogens (tertiary/aromatic N) is 6. The number of hydrogen-bond acceptors (Lipinski definition) is 8. The zero-order chi connectivity index (χ0) is 23.1. The van der Waals surface area contributed by atoms with Crippen LogP contribution in [0.1, 0.15) is 36.6 Å². The summed E-state index contributed by atoms with van der Waals surface area (Å²) >= 11 is 7.96. The van der Waals surface area contributed by atoms with Crippen molar-refractivity contribution in [2.24, 2.45) is 0 Å². The second-order valence-corrected chi connectivity index (χ2v) is 9.73. The molecule has 9 heteroatoms. The van der Waals surface area contributed by atoms with Crippen molar-refractivity contribution < 1.29 is 0 Å². The summed E-state index contributed by atoms with van der Waals surface area (Å²) in [5.74, 6) is 1.79. The highest BCUT2D eigenvalue weighted by atomic mass is 35.5. The van der Waals surface area contributed by atoms with Gasteiger partial charge in [0.1, 0.15) is 5.52 Å². The van der Waals surface area contributed by atoms with Gasteiger partial charge in [-0.15, -0.1) is 11.3 Å². The molecule has 0 saturated carbocycles. The first-order chi connectivity index (χ1) is 16.7. The number of anilines is 2. The maximum absolute atomic E-state index is 6.43. The van der Waals surface area contributed by atoms with Crippen molar-refractivity contribution in [1.29, 1.82) is 0 Å². The fourth-order valence-corrected chi connectivity index (χ4v) is 5.56. The molecule has 1 N–H and O–H groups in total. The standard InChI is InChI=1S/C25H22ClN7S/c1-15(17-6-7-20(26)19-5-3-2-4-18(17)19)30-25-31-23(22-24(32-25)34-14-29-22)33-11-8-16(13-33)21-12-27-9-10-28-21/h2-7,9-10,12,14-16H,8,11,13H2,1H3,(H,30,31,32). The molecule has 4 heterocycles. The van der Waals surface area contributed by atoms with Crippen molar-refractivity contribution in [2.45, 2.75) is 25.3 Å². The van der Waals surface area contributed by atoms with Gasteiger partial charge in [0.05, 0.1) is 17.2 Å². The van der Waals surface area contributed by atoms with Crippen LogP contribution in [0.2, 0.25) is 5.02 Å². The summed E-state index contributed by atoms with van der Waals surface area (Å²) < 4.78 is 0. The first kappa shape index (κ1) is 21.2. The van der Waals surface area contributed by atoms with Crippen LogP contribution in [0, 0.1) is 0 Å². The van der Waals surface area contributed by atoms with Crippen LogP contribution in [0.5, 0.6) is 0 Å². The van der Waals surface area contributed by atoms with Gasteiger partial charge in [-0.3, -0.25) is 9.97 Å². The summed E-state index contributed by atoms with van der Waals surface area (Å²) in [6.45, 7) is 3.84. The molecule has 3 aromatic heterocycles. The molecule has 6 rings (SSSR count). The lowest BCUT2D eigenvalue weighted by Gasteiger charge is -2.21. The van der Waals surface area contributed by atoms with Crippen molar-refractivity contribution in [3.05, 3.63) is 76.8 Å². The quantitative estimate of drug-likeness (QED) is 0.333. The molecule has 2 unspecified atom stereocenters. The van der Waals surface area contributed by atoms with Crippen LogP contribution in [0.25, 0.3) is 21.1 Å². The van der Waals surface area contributed by atoms with Crippen molar-refractivity contribution in [3.63, 3.8) is 0 Å². The monoisotopic (exact) mass is 487 g/mol. The molecule has 2 aromatic carbocycles. The van der Waals surface area contributed by atoms with Crippen LogP contribution in [0.4, 0.5) is 11.8 Å². The third-order valence-electron chi connectivity index (χ3n) is 6.39. The zero-order valence-electron chi connectivity index (χ0n) is 18.5. The Balaban J connectivity index is 1.32. The van der Waals surface area contributed by atoms with Gasteiger partial charge in [0.25, 0.3) is 0 Å². The predicted octanol–water partition coefficient (Wildman–Crippen LogP) is 5.85. The predicted molar refractivity (Wildman–Crippen MR) is 138 cm³/mol. The van der Waals surface area contributed by atoms with Crippen molar-refractivity contribution in [2.75, 3.05) is 23.3 Å². The minimum atomic E-state index is -0.00805. The number of nitrogens with one attached hydrogen (secondary N) is 1. The van der Waals surface area contributed by atoms with Crippen LogP contribution >= 0.6 is 22.9 Å². The van der Waals surface area contributed by atoms with Crippen molar-refractivity contribution in [3.8, 4) is 0 Å². The Hall–Kier alpha value is -3.36. The largest absolute Gasteiger partial charge is 0.354 e. The summed E-state index contributed by atoms with van der Waals surface area (Å²) in [6, 6.07) is 12.2. The highest BCUT2D eigenvalue weighted by molar-refractivity contribution is 7.16. The molecule has 0 spiro atoms. The molecule has 0 aliphatic carbocycles. The van der Waals surface area contributed by atoms with Gasteiger partial charge in [-0.05, 0) is 30.4 Å². The Bertz CT molecular complexity index is 1470. The Kier molecular flexibility index (Phi) is 5.47. The first-order valence-corrected chi connectivity index (χ1v) is 12.5. The van der Waals surface area contributed by atoms with E-state index in [-0.39, 0.29) is 6.04 Å². The molecule has 1 saturated heterocycles. The minimum absolute atomic E-state index is 0.00805. The Morgan fingerprint density at radius 2 is 1.97 bits per heavy atom. The SMILES string of the molecule is CC(Nc1nc(N2CCC(c3cnccn3)C2)c2ncsc2n1)c1ccc(Cl)c2ccccc12. The average Bonchev–Trinajstić information content (AvgIpc) is 3.55. The highest BCUT2D eigenvalue weighted by Gasteiger charge is 2.28. The van der Waals surface area contributed by atoms with Crippen molar-refractivity contribution in [1.82, 2.24) is 24.9 Å². The maximum atomic E-state index is 6.43. The van der Waals surface area contributed by atoms with Crippen LogP contribution in [0.15, 0.2) is 60.5 Å². The lowest BCUT2D eigenvalue weighted by Crippen LogP contribution is -2.22. The topological polar surface area (TPSA) is 79.7 Å². The lowest BCUT2D eigenvalue weighted by atomic mass is 10.00. The Morgan fingerprint density at radius 3 is 2.82 bits per heavy atom. The summed E-state index contributed by atoms with van der Waals surface area (Å²) in [4.78, 5) is 26.2. The normalized spacial score (nSPS) is 16.9. The number of fused-ring (bicyclic) bond motifs is 2. The number of rotatable bonds is 5. The number of halogens is 1. The molecule has 0 amide bonds. The van der Waals surface area contributed by atoms with Crippen LogP contribution in [0.3, 0.4) is 0 Å². The summed E-state index contributed by atoms with van der Waals surface area (Å²) in [5, 5.41) is 6.44. The molecule has 5 aromatic rings. The van der Waals surface area contributed by atoms with E-state index in [1.165, 1.54) is 11.3 Å². The van der Waals surface area contributed by atoms with E-state index in [0.29, 0.717) is 11.9 Å². The molecule has 7 nitrogen and oxygen atoms in total. The highest BCUT2D eigenvalue weighted by Crippen LogP contribution is 2.35. The van der Waals surface area contributed by atoms with Crippen LogP contribution < -0.4 is 10.2 Å². The summed E-state index contributed by atoms with van der Waals surface area (Å²) in [7, 11) is 0. The van der Waals surface area contributed by atoms with Gasteiger partial charge in [0.2, 0.25) is 5.95 Å². The molecular formula is C25H22ClN7S. The van der Waals surface area contributed by atoms with E-state index in [4.69, 9.17) is 21.6 Å². The van der Waals surface area contributed by atoms with Gasteiger partial charge < -0.3 is 10.2 Å². The van der Waals surface area contributed by atoms with Crippen LogP contribution in [-0.2, 0) is 0 Å². The van der Waals surface area contributed by atoms with Crippen molar-refractivity contribution >= 4 is 55.8 Å². The minimum Gasteiger partial charge on any atom is -0.354 e. The van der Waals surface area contributed by atoms with E-state index in [1.54, 1.807) is 12.4 Å². The Labute approximate surface area is 205 Å². The second kappa shape index (κ2) is 8.77. The van der Waals surface area contributed by atoms with Gasteiger partial charge in [-0.1, -0.05) is 41.9 Å². The van der Waals surface area contributed by atoms with E-state index in [1.807, 2.05) is 36.0 Å². The fraction of sp³-hybridized carbons (Fsp3) is 0.240. The van der Waals surface area contributed by atoms with Crippen LogP contribution in [-0.4, -0.2) is 38.0 Å². The number of aromatic nitrogens is 5. The second-order valence-electron chi connectivity index (χ2n) is 8.49. The zero-order valence-corrected chi connectivity index (χ0v) is 20.1.